The number of benzene rings is 1. The minimum atomic E-state index is -0.769. The molecule has 0 saturated heterocycles. The van der Waals surface area contributed by atoms with Crippen molar-refractivity contribution < 1.29 is 14.3 Å². The standard InChI is InChI=1S/C16H18N2O3/c1-17-11-5-4-6-15(18-2)16(19)21-12-13-7-9-14(20-3)10-8-13/h7-10,15H,4-6,11-12H2,3H3. The Kier molecular flexibility index (Phi) is 7.39. The lowest BCUT2D eigenvalue weighted by Crippen LogP contribution is -2.20. The second kappa shape index (κ2) is 9.39. The molecule has 0 radical (unpaired) electrons. The third-order valence-electron chi connectivity index (χ3n) is 2.97. The molecule has 0 heterocycles. The van der Waals surface area contributed by atoms with Gasteiger partial charge in [-0.15, -0.1) is 0 Å². The highest BCUT2D eigenvalue weighted by molar-refractivity contribution is 5.77. The fourth-order valence-electron chi connectivity index (χ4n) is 1.74. The lowest BCUT2D eigenvalue weighted by molar-refractivity contribution is -0.145. The Balaban J connectivity index is 2.39. The quantitative estimate of drug-likeness (QED) is 0.419. The van der Waals surface area contributed by atoms with Crippen molar-refractivity contribution in [1.82, 2.24) is 0 Å². The molecular formula is C16H18N2O3. The maximum Gasteiger partial charge on any atom is 0.390 e. The third-order valence-corrected chi connectivity index (χ3v) is 2.97. The largest absolute Gasteiger partial charge is 0.497 e. The van der Waals surface area contributed by atoms with Gasteiger partial charge in [0.15, 0.2) is 0 Å². The summed E-state index contributed by atoms with van der Waals surface area (Å²) in [7, 11) is 1.59. The van der Waals surface area contributed by atoms with Crippen LogP contribution in [0.25, 0.3) is 9.69 Å². The van der Waals surface area contributed by atoms with E-state index in [1.807, 2.05) is 12.1 Å². The number of hydrogen-bond donors (Lipinski definition) is 0. The first-order chi connectivity index (χ1) is 10.2. The highest BCUT2D eigenvalue weighted by Crippen LogP contribution is 2.13. The van der Waals surface area contributed by atoms with E-state index in [9.17, 15) is 4.79 Å². The van der Waals surface area contributed by atoms with Crippen molar-refractivity contribution in [2.45, 2.75) is 31.9 Å². The predicted octanol–water partition coefficient (Wildman–Crippen LogP) is 3.12. The summed E-state index contributed by atoms with van der Waals surface area (Å²) in [6.45, 7) is 14.3. The predicted molar refractivity (Wildman–Crippen MR) is 78.5 cm³/mol. The Morgan fingerprint density at radius 2 is 1.95 bits per heavy atom. The van der Waals surface area contributed by atoms with E-state index in [1.165, 1.54) is 0 Å². The van der Waals surface area contributed by atoms with E-state index in [-0.39, 0.29) is 6.61 Å². The zero-order valence-electron chi connectivity index (χ0n) is 12.0. The first-order valence-electron chi connectivity index (χ1n) is 6.70. The molecule has 0 bridgehead atoms. The highest BCUT2D eigenvalue weighted by Gasteiger charge is 2.24. The Hall–Kier alpha value is -2.53. The summed E-state index contributed by atoms with van der Waals surface area (Å²) >= 11 is 0. The molecule has 1 aromatic rings. The molecule has 1 unspecified atom stereocenters. The summed E-state index contributed by atoms with van der Waals surface area (Å²) in [6.07, 6.45) is 1.84. The van der Waals surface area contributed by atoms with Crippen LogP contribution in [0.4, 0.5) is 0 Å². The molecule has 0 aromatic heterocycles. The zero-order valence-corrected chi connectivity index (χ0v) is 12.0. The topological polar surface area (TPSA) is 44.2 Å². The Morgan fingerprint density at radius 3 is 2.52 bits per heavy atom. The number of unbranched alkanes of at least 4 members (excludes halogenated alkanes) is 1. The van der Waals surface area contributed by atoms with E-state index in [1.54, 1.807) is 19.2 Å². The maximum atomic E-state index is 11.8. The molecule has 1 rings (SSSR count). The van der Waals surface area contributed by atoms with Gasteiger partial charge in [-0.05, 0) is 24.1 Å². The van der Waals surface area contributed by atoms with Crippen LogP contribution in [0.1, 0.15) is 24.8 Å². The molecule has 110 valence electrons. The van der Waals surface area contributed by atoms with Gasteiger partial charge in [0.2, 0.25) is 6.54 Å². The van der Waals surface area contributed by atoms with Crippen molar-refractivity contribution in [2.24, 2.45) is 0 Å². The van der Waals surface area contributed by atoms with Crippen LogP contribution < -0.4 is 4.74 Å². The average Bonchev–Trinajstić information content (AvgIpc) is 2.53. The first-order valence-corrected chi connectivity index (χ1v) is 6.70. The van der Waals surface area contributed by atoms with Crippen molar-refractivity contribution >= 4 is 5.97 Å². The van der Waals surface area contributed by atoms with Gasteiger partial charge in [-0.1, -0.05) is 12.1 Å². The molecule has 0 fully saturated rings. The lowest BCUT2D eigenvalue weighted by Gasteiger charge is -2.07. The summed E-state index contributed by atoms with van der Waals surface area (Å²) in [4.78, 5) is 18.4. The smallest absolute Gasteiger partial charge is 0.390 e. The lowest BCUT2D eigenvalue weighted by atomic mass is 10.1. The summed E-state index contributed by atoms with van der Waals surface area (Å²) < 4.78 is 10.2. The van der Waals surface area contributed by atoms with Crippen LogP contribution in [0.3, 0.4) is 0 Å². The molecule has 1 atom stereocenters. The highest BCUT2D eigenvalue weighted by atomic mass is 16.5. The number of esters is 1. The molecule has 0 saturated carbocycles. The fraction of sp³-hybridized carbons (Fsp3) is 0.438. The van der Waals surface area contributed by atoms with E-state index in [0.29, 0.717) is 25.8 Å². The summed E-state index contributed by atoms with van der Waals surface area (Å²) in [5.74, 6) is 0.243. The van der Waals surface area contributed by atoms with Crippen LogP contribution in [0.5, 0.6) is 5.75 Å². The van der Waals surface area contributed by atoms with Crippen LogP contribution in [-0.2, 0) is 16.1 Å². The molecule has 0 aliphatic rings. The molecule has 0 aliphatic carbocycles. The van der Waals surface area contributed by atoms with Crippen molar-refractivity contribution in [1.29, 1.82) is 0 Å². The molecule has 0 spiro atoms. The molecular weight excluding hydrogens is 268 g/mol. The van der Waals surface area contributed by atoms with Gasteiger partial charge in [0.25, 0.3) is 0 Å². The number of methoxy groups -OCH3 is 1. The number of hydrogen-bond acceptors (Lipinski definition) is 3. The molecule has 0 N–H and O–H groups in total. The van der Waals surface area contributed by atoms with Gasteiger partial charge >= 0.3 is 12.0 Å². The number of rotatable bonds is 8. The van der Waals surface area contributed by atoms with Gasteiger partial charge in [-0.25, -0.2) is 17.9 Å². The van der Waals surface area contributed by atoms with Gasteiger partial charge in [0, 0.05) is 12.8 Å². The number of carbonyl (C=O) groups excluding carboxylic acids is 1. The van der Waals surface area contributed by atoms with Crippen LogP contribution in [0, 0.1) is 13.1 Å². The van der Waals surface area contributed by atoms with Gasteiger partial charge in [-0.2, -0.15) is 0 Å². The summed E-state index contributed by atoms with van der Waals surface area (Å²) in [5.41, 5.74) is 0.848. The molecule has 0 aliphatic heterocycles. The van der Waals surface area contributed by atoms with Gasteiger partial charge in [-0.3, -0.25) is 0 Å². The van der Waals surface area contributed by atoms with Crippen LogP contribution in [0.2, 0.25) is 0 Å². The van der Waals surface area contributed by atoms with E-state index in [4.69, 9.17) is 22.6 Å². The Morgan fingerprint density at radius 1 is 1.24 bits per heavy atom. The van der Waals surface area contributed by atoms with Gasteiger partial charge in [0.1, 0.15) is 12.4 Å². The van der Waals surface area contributed by atoms with E-state index >= 15 is 0 Å². The van der Waals surface area contributed by atoms with E-state index in [2.05, 4.69) is 9.69 Å². The van der Waals surface area contributed by atoms with Crippen molar-refractivity contribution in [2.75, 3.05) is 13.7 Å². The summed E-state index contributed by atoms with van der Waals surface area (Å²) in [5, 5.41) is 0. The number of nitrogens with zero attached hydrogens (tertiary/aromatic N) is 2. The second-order valence-electron chi connectivity index (χ2n) is 4.48. The SMILES string of the molecule is [C-]#[N+]CCCCC([N+]#[C-])C(=O)OCc1ccc(OC)cc1. The molecule has 5 nitrogen and oxygen atoms in total. The van der Waals surface area contributed by atoms with E-state index < -0.39 is 12.0 Å². The van der Waals surface area contributed by atoms with Crippen LogP contribution in [0.15, 0.2) is 24.3 Å². The summed E-state index contributed by atoms with van der Waals surface area (Å²) in [6, 6.07) is 6.44. The van der Waals surface area contributed by atoms with E-state index in [0.717, 1.165) is 11.3 Å². The van der Waals surface area contributed by atoms with Crippen LogP contribution >= 0.6 is 0 Å². The molecule has 1 aromatic carbocycles. The first kappa shape index (κ1) is 16.5. The van der Waals surface area contributed by atoms with Crippen molar-refractivity contribution in [3.05, 3.63) is 52.7 Å². The van der Waals surface area contributed by atoms with Gasteiger partial charge in [0.05, 0.1) is 7.11 Å². The second-order valence-corrected chi connectivity index (χ2v) is 4.48. The van der Waals surface area contributed by atoms with Crippen molar-refractivity contribution in [3.8, 4) is 5.75 Å². The van der Waals surface area contributed by atoms with Gasteiger partial charge < -0.3 is 19.2 Å². The maximum absolute atomic E-state index is 11.8. The third kappa shape index (κ3) is 5.97. The Labute approximate surface area is 125 Å². The average molecular weight is 286 g/mol. The zero-order chi connectivity index (χ0) is 15.5. The number of ether oxygens (including phenoxy) is 2. The van der Waals surface area contributed by atoms with Crippen LogP contribution in [-0.4, -0.2) is 25.7 Å². The number of carbonyl (C=O) groups is 1. The minimum Gasteiger partial charge on any atom is -0.497 e. The molecule has 0 amide bonds. The molecule has 5 heteroatoms. The van der Waals surface area contributed by atoms with Crippen molar-refractivity contribution in [3.63, 3.8) is 0 Å². The molecule has 21 heavy (non-hydrogen) atoms. The normalized spacial score (nSPS) is 11.0. The Bertz CT molecular complexity index is 526. The fourth-order valence-corrected chi connectivity index (χ4v) is 1.74. The minimum absolute atomic E-state index is 0.150. The monoisotopic (exact) mass is 286 g/mol.